The number of piperazine rings is 1. The van der Waals surface area contributed by atoms with Crippen molar-refractivity contribution in [1.82, 2.24) is 19.5 Å². The number of fused-ring (bicyclic) bond motifs is 1. The highest BCUT2D eigenvalue weighted by Crippen LogP contribution is 2.42. The van der Waals surface area contributed by atoms with Crippen LogP contribution in [0.3, 0.4) is 0 Å². The maximum Gasteiger partial charge on any atom is 0.230 e. The number of hydrogen-bond donors (Lipinski definition) is 1. The summed E-state index contributed by atoms with van der Waals surface area (Å²) < 4.78 is 26.9. The quantitative estimate of drug-likeness (QED) is 0.412. The predicted molar refractivity (Wildman–Crippen MR) is 133 cm³/mol. The van der Waals surface area contributed by atoms with Crippen molar-refractivity contribution in [1.29, 1.82) is 0 Å². The molecule has 0 saturated carbocycles. The Labute approximate surface area is 207 Å². The molecule has 0 amide bonds. The first-order chi connectivity index (χ1) is 17.0. The molecule has 184 valence electrons. The van der Waals surface area contributed by atoms with E-state index in [9.17, 15) is 9.50 Å². The predicted octanol–water partition coefficient (Wildman–Crippen LogP) is 4.13. The van der Waals surface area contributed by atoms with Crippen LogP contribution in [0.25, 0.3) is 4.96 Å². The minimum Gasteiger partial charge on any atom is -0.493 e. The molecule has 1 N–H and O–H groups in total. The number of halogens is 1. The summed E-state index contributed by atoms with van der Waals surface area (Å²) in [4.78, 5) is 10.3. The minimum absolute atomic E-state index is 0.0912. The van der Waals surface area contributed by atoms with E-state index in [2.05, 4.69) is 19.9 Å². The SMILES string of the molecule is CCc1nc2sc([C@@H](c3ccc(OC)c(OC)c3)N3CCN(c4ccccc4F)CC3)c(O)n2n1. The summed E-state index contributed by atoms with van der Waals surface area (Å²) in [6.07, 6.45) is 0.695. The van der Waals surface area contributed by atoms with Crippen LogP contribution < -0.4 is 14.4 Å². The fraction of sp³-hybridized carbons (Fsp3) is 0.360. The number of aromatic nitrogens is 3. The molecule has 1 aliphatic heterocycles. The van der Waals surface area contributed by atoms with Gasteiger partial charge in [0.1, 0.15) is 5.82 Å². The lowest BCUT2D eigenvalue weighted by Gasteiger charge is -2.40. The minimum atomic E-state index is -0.254. The summed E-state index contributed by atoms with van der Waals surface area (Å²) in [5.41, 5.74) is 1.57. The Bertz CT molecular complexity index is 1330. The second-order valence-electron chi connectivity index (χ2n) is 8.36. The number of benzene rings is 2. The largest absolute Gasteiger partial charge is 0.493 e. The van der Waals surface area contributed by atoms with Gasteiger partial charge in [0.15, 0.2) is 17.3 Å². The van der Waals surface area contributed by atoms with Crippen molar-refractivity contribution in [2.75, 3.05) is 45.3 Å². The number of aryl methyl sites for hydroxylation is 1. The molecule has 2 aromatic carbocycles. The Hall–Kier alpha value is -3.37. The van der Waals surface area contributed by atoms with Crippen LogP contribution in [0.1, 0.15) is 29.2 Å². The van der Waals surface area contributed by atoms with Gasteiger partial charge in [0.05, 0.1) is 30.8 Å². The van der Waals surface area contributed by atoms with Crippen LogP contribution in [0.2, 0.25) is 0 Å². The van der Waals surface area contributed by atoms with Crippen molar-refractivity contribution in [3.05, 3.63) is 64.5 Å². The number of aromatic hydroxyl groups is 1. The molecule has 1 atom stereocenters. The summed E-state index contributed by atoms with van der Waals surface area (Å²) in [5, 5.41) is 15.6. The van der Waals surface area contributed by atoms with Gasteiger partial charge in [0, 0.05) is 32.6 Å². The number of nitrogens with zero attached hydrogens (tertiary/aromatic N) is 5. The summed E-state index contributed by atoms with van der Waals surface area (Å²) in [6, 6.07) is 12.4. The van der Waals surface area contributed by atoms with Crippen LogP contribution in [0.5, 0.6) is 17.4 Å². The number of thiazole rings is 1. The lowest BCUT2D eigenvalue weighted by molar-refractivity contribution is 0.210. The van der Waals surface area contributed by atoms with E-state index in [1.165, 1.54) is 21.9 Å². The molecule has 8 nitrogen and oxygen atoms in total. The molecular formula is C25H28FN5O3S. The molecule has 0 spiro atoms. The van der Waals surface area contributed by atoms with E-state index in [0.29, 0.717) is 60.6 Å². The van der Waals surface area contributed by atoms with E-state index in [1.807, 2.05) is 37.3 Å². The van der Waals surface area contributed by atoms with Gasteiger partial charge in [-0.3, -0.25) is 4.90 Å². The highest BCUT2D eigenvalue weighted by atomic mass is 32.1. The van der Waals surface area contributed by atoms with Crippen molar-refractivity contribution >= 4 is 22.0 Å². The van der Waals surface area contributed by atoms with Crippen LogP contribution in [0.4, 0.5) is 10.1 Å². The van der Waals surface area contributed by atoms with Crippen molar-refractivity contribution in [2.45, 2.75) is 19.4 Å². The van der Waals surface area contributed by atoms with E-state index in [-0.39, 0.29) is 17.7 Å². The van der Waals surface area contributed by atoms with Gasteiger partial charge in [-0.15, -0.1) is 5.10 Å². The second-order valence-corrected chi connectivity index (χ2v) is 9.37. The van der Waals surface area contributed by atoms with E-state index in [0.717, 1.165) is 10.4 Å². The van der Waals surface area contributed by atoms with Crippen LogP contribution in [0, 0.1) is 5.82 Å². The van der Waals surface area contributed by atoms with Crippen molar-refractivity contribution in [3.63, 3.8) is 0 Å². The van der Waals surface area contributed by atoms with Gasteiger partial charge in [-0.05, 0) is 29.8 Å². The van der Waals surface area contributed by atoms with E-state index in [1.54, 1.807) is 20.3 Å². The number of ether oxygens (including phenoxy) is 2. The zero-order valence-corrected chi connectivity index (χ0v) is 20.8. The normalized spacial score (nSPS) is 15.5. The number of anilines is 1. The monoisotopic (exact) mass is 497 g/mol. The van der Waals surface area contributed by atoms with Gasteiger partial charge in [-0.2, -0.15) is 4.52 Å². The van der Waals surface area contributed by atoms with Crippen molar-refractivity contribution in [3.8, 4) is 17.4 Å². The third-order valence-electron chi connectivity index (χ3n) is 6.40. The average Bonchev–Trinajstić information content (AvgIpc) is 3.43. The highest BCUT2D eigenvalue weighted by Gasteiger charge is 2.32. The van der Waals surface area contributed by atoms with Gasteiger partial charge in [-0.1, -0.05) is 36.5 Å². The first-order valence-corrected chi connectivity index (χ1v) is 12.4. The molecule has 0 aliphatic carbocycles. The molecular weight excluding hydrogens is 469 g/mol. The molecule has 10 heteroatoms. The Balaban J connectivity index is 1.52. The summed E-state index contributed by atoms with van der Waals surface area (Å²) in [6.45, 7) is 4.67. The molecule has 0 unspecified atom stereocenters. The van der Waals surface area contributed by atoms with E-state index < -0.39 is 0 Å². The maximum absolute atomic E-state index is 14.4. The zero-order valence-electron chi connectivity index (χ0n) is 19.9. The zero-order chi connectivity index (χ0) is 24.5. The molecule has 0 radical (unpaired) electrons. The third-order valence-corrected chi connectivity index (χ3v) is 7.48. The van der Waals surface area contributed by atoms with Crippen LogP contribution in [-0.4, -0.2) is 65.0 Å². The number of methoxy groups -OCH3 is 2. The smallest absolute Gasteiger partial charge is 0.230 e. The Morgan fingerprint density at radius 1 is 1.06 bits per heavy atom. The molecule has 1 saturated heterocycles. The molecule has 0 bridgehead atoms. The fourth-order valence-corrected chi connectivity index (χ4v) is 5.73. The standard InChI is InChI=1S/C25H28FN5O3S/c1-4-21-27-25-31(28-21)24(32)23(35-25)22(16-9-10-19(33-2)20(15-16)34-3)30-13-11-29(12-14-30)18-8-6-5-7-17(18)26/h5-10,15,22,32H,4,11-14H2,1-3H3/t22-/m1/s1. The number of hydrogen-bond acceptors (Lipinski definition) is 8. The Morgan fingerprint density at radius 3 is 2.46 bits per heavy atom. The first-order valence-electron chi connectivity index (χ1n) is 11.6. The first kappa shape index (κ1) is 23.4. The van der Waals surface area contributed by atoms with E-state index in [4.69, 9.17) is 9.47 Å². The highest BCUT2D eigenvalue weighted by molar-refractivity contribution is 7.17. The fourth-order valence-electron chi connectivity index (χ4n) is 4.60. The van der Waals surface area contributed by atoms with E-state index >= 15 is 0 Å². The van der Waals surface area contributed by atoms with Crippen molar-refractivity contribution < 1.29 is 19.0 Å². The summed E-state index contributed by atoms with van der Waals surface area (Å²) >= 11 is 1.43. The van der Waals surface area contributed by atoms with Gasteiger partial charge < -0.3 is 19.5 Å². The van der Waals surface area contributed by atoms with Crippen LogP contribution in [0.15, 0.2) is 42.5 Å². The molecule has 5 rings (SSSR count). The third kappa shape index (κ3) is 4.28. The topological polar surface area (TPSA) is 75.4 Å². The lowest BCUT2D eigenvalue weighted by atomic mass is 10.0. The molecule has 1 fully saturated rings. The van der Waals surface area contributed by atoms with Crippen LogP contribution in [-0.2, 0) is 6.42 Å². The number of para-hydroxylation sites is 1. The molecule has 2 aromatic heterocycles. The molecule has 35 heavy (non-hydrogen) atoms. The molecule has 3 heterocycles. The van der Waals surface area contributed by atoms with Crippen molar-refractivity contribution in [2.24, 2.45) is 0 Å². The van der Waals surface area contributed by atoms with Gasteiger partial charge >= 0.3 is 0 Å². The summed E-state index contributed by atoms with van der Waals surface area (Å²) in [7, 11) is 3.21. The Kier molecular flexibility index (Phi) is 6.48. The summed E-state index contributed by atoms with van der Waals surface area (Å²) in [5.74, 6) is 1.83. The van der Waals surface area contributed by atoms with Gasteiger partial charge in [-0.25, -0.2) is 9.37 Å². The van der Waals surface area contributed by atoms with Crippen LogP contribution >= 0.6 is 11.3 Å². The van der Waals surface area contributed by atoms with Gasteiger partial charge in [0.2, 0.25) is 10.8 Å². The molecule has 1 aliphatic rings. The second kappa shape index (κ2) is 9.71. The van der Waals surface area contributed by atoms with Gasteiger partial charge in [0.25, 0.3) is 0 Å². The average molecular weight is 498 g/mol. The Morgan fingerprint density at radius 2 is 1.80 bits per heavy atom. The lowest BCUT2D eigenvalue weighted by Crippen LogP contribution is -2.48. The number of rotatable bonds is 7. The maximum atomic E-state index is 14.4. The molecule has 4 aromatic rings.